The number of rotatable bonds is 4. The highest BCUT2D eigenvalue weighted by Crippen LogP contribution is 2.25. The maximum atomic E-state index is 12.7. The summed E-state index contributed by atoms with van der Waals surface area (Å²) in [6.07, 6.45) is 2.46. The summed E-state index contributed by atoms with van der Waals surface area (Å²) in [7, 11) is 0. The predicted molar refractivity (Wildman–Crippen MR) is 91.1 cm³/mol. The van der Waals surface area contributed by atoms with Crippen molar-refractivity contribution in [3.8, 4) is 0 Å². The van der Waals surface area contributed by atoms with Crippen LogP contribution in [0.1, 0.15) is 32.7 Å². The fourth-order valence-electron chi connectivity index (χ4n) is 2.65. The first-order valence-electron chi connectivity index (χ1n) is 7.52. The molecule has 0 N–H and O–H groups in total. The lowest BCUT2D eigenvalue weighted by molar-refractivity contribution is 0.129. The van der Waals surface area contributed by atoms with Crippen LogP contribution in [0.25, 0.3) is 10.9 Å². The molecule has 1 aromatic heterocycles. The number of halogens is 1. The van der Waals surface area contributed by atoms with Gasteiger partial charge in [0.1, 0.15) is 0 Å². The van der Waals surface area contributed by atoms with Crippen LogP contribution in [0.3, 0.4) is 0 Å². The number of thioether (sulfide) groups is 1. The van der Waals surface area contributed by atoms with Crippen LogP contribution >= 0.6 is 23.4 Å². The topological polar surface area (TPSA) is 44.1 Å². The zero-order valence-corrected chi connectivity index (χ0v) is 14.3. The van der Waals surface area contributed by atoms with E-state index in [-0.39, 0.29) is 17.7 Å². The van der Waals surface area contributed by atoms with E-state index >= 15 is 0 Å². The third-order valence-corrected chi connectivity index (χ3v) is 5.09. The SMILES string of the molecule is CC(C)n1c(SCC2CCCO2)nc2cc(Cl)ccc2c1=O. The van der Waals surface area contributed by atoms with Crippen LogP contribution in [-0.2, 0) is 4.74 Å². The second-order valence-electron chi connectivity index (χ2n) is 5.77. The van der Waals surface area contributed by atoms with E-state index in [1.807, 2.05) is 13.8 Å². The molecule has 22 heavy (non-hydrogen) atoms. The molecule has 118 valence electrons. The van der Waals surface area contributed by atoms with E-state index in [1.165, 1.54) is 0 Å². The minimum absolute atomic E-state index is 0.00786. The van der Waals surface area contributed by atoms with Crippen molar-refractivity contribution in [2.24, 2.45) is 0 Å². The Kier molecular flexibility index (Phi) is 4.76. The standard InChI is InChI=1S/C16H19ClN2O2S/c1-10(2)19-15(20)13-6-5-11(17)8-14(13)18-16(19)22-9-12-4-3-7-21-12/h5-6,8,10,12H,3-4,7,9H2,1-2H3. The molecule has 0 radical (unpaired) electrons. The predicted octanol–water partition coefficient (Wildman–Crippen LogP) is 3.90. The van der Waals surface area contributed by atoms with Gasteiger partial charge in [-0.2, -0.15) is 0 Å². The van der Waals surface area contributed by atoms with Gasteiger partial charge in [0, 0.05) is 23.4 Å². The lowest BCUT2D eigenvalue weighted by Crippen LogP contribution is -2.25. The van der Waals surface area contributed by atoms with Crippen molar-refractivity contribution in [1.82, 2.24) is 9.55 Å². The minimum Gasteiger partial charge on any atom is -0.377 e. The van der Waals surface area contributed by atoms with Crippen LogP contribution in [0.15, 0.2) is 28.2 Å². The van der Waals surface area contributed by atoms with Crippen LogP contribution < -0.4 is 5.56 Å². The molecular weight excluding hydrogens is 320 g/mol. The number of nitrogens with zero attached hydrogens (tertiary/aromatic N) is 2. The molecule has 6 heteroatoms. The molecule has 1 atom stereocenters. The van der Waals surface area contributed by atoms with Crippen LogP contribution in [0, 0.1) is 0 Å². The van der Waals surface area contributed by atoms with E-state index in [0.717, 1.165) is 30.4 Å². The summed E-state index contributed by atoms with van der Waals surface area (Å²) in [4.78, 5) is 17.4. The summed E-state index contributed by atoms with van der Waals surface area (Å²) in [5.74, 6) is 0.825. The average molecular weight is 339 g/mol. The molecule has 1 fully saturated rings. The molecular formula is C16H19ClN2O2S. The van der Waals surface area contributed by atoms with E-state index in [0.29, 0.717) is 15.9 Å². The van der Waals surface area contributed by atoms with Crippen LogP contribution in [-0.4, -0.2) is 28.0 Å². The molecule has 2 aromatic rings. The Bertz CT molecular complexity index is 739. The number of ether oxygens (including phenoxy) is 1. The molecule has 1 aliphatic rings. The van der Waals surface area contributed by atoms with Gasteiger partial charge in [0.25, 0.3) is 5.56 Å². The van der Waals surface area contributed by atoms with E-state index in [2.05, 4.69) is 4.98 Å². The summed E-state index contributed by atoms with van der Waals surface area (Å²) in [5, 5.41) is 1.95. The van der Waals surface area contributed by atoms with Crippen molar-refractivity contribution >= 4 is 34.3 Å². The molecule has 0 amide bonds. The Morgan fingerprint density at radius 3 is 3.00 bits per heavy atom. The summed E-state index contributed by atoms with van der Waals surface area (Å²) >= 11 is 7.62. The van der Waals surface area contributed by atoms with E-state index in [9.17, 15) is 4.79 Å². The van der Waals surface area contributed by atoms with Gasteiger partial charge in [-0.15, -0.1) is 0 Å². The molecule has 4 nitrogen and oxygen atoms in total. The highest BCUT2D eigenvalue weighted by atomic mass is 35.5. The van der Waals surface area contributed by atoms with Gasteiger partial charge in [-0.05, 0) is 44.9 Å². The van der Waals surface area contributed by atoms with Gasteiger partial charge in [0.2, 0.25) is 0 Å². The normalized spacial score (nSPS) is 18.5. The minimum atomic E-state index is -0.00786. The summed E-state index contributed by atoms with van der Waals surface area (Å²) in [6, 6.07) is 5.29. The lowest BCUT2D eigenvalue weighted by atomic mass is 10.2. The third-order valence-electron chi connectivity index (χ3n) is 3.77. The molecule has 2 heterocycles. The zero-order valence-electron chi connectivity index (χ0n) is 12.7. The molecule has 0 aliphatic carbocycles. The molecule has 0 spiro atoms. The summed E-state index contributed by atoms with van der Waals surface area (Å²) in [6.45, 7) is 4.84. The maximum absolute atomic E-state index is 12.7. The summed E-state index contributed by atoms with van der Waals surface area (Å²) in [5.41, 5.74) is 0.649. The Morgan fingerprint density at radius 1 is 1.50 bits per heavy atom. The summed E-state index contributed by atoms with van der Waals surface area (Å²) < 4.78 is 7.41. The van der Waals surface area contributed by atoms with E-state index < -0.39 is 0 Å². The number of benzene rings is 1. The highest BCUT2D eigenvalue weighted by molar-refractivity contribution is 7.99. The van der Waals surface area contributed by atoms with Crippen molar-refractivity contribution in [2.45, 2.75) is 44.0 Å². The second-order valence-corrected chi connectivity index (χ2v) is 7.19. The van der Waals surface area contributed by atoms with E-state index in [4.69, 9.17) is 16.3 Å². The van der Waals surface area contributed by atoms with Crippen molar-refractivity contribution in [1.29, 1.82) is 0 Å². The van der Waals surface area contributed by atoms with Crippen molar-refractivity contribution in [3.63, 3.8) is 0 Å². The zero-order chi connectivity index (χ0) is 15.7. The quantitative estimate of drug-likeness (QED) is 0.626. The van der Waals surface area contributed by atoms with Gasteiger partial charge in [-0.3, -0.25) is 9.36 Å². The van der Waals surface area contributed by atoms with Crippen LogP contribution in [0.4, 0.5) is 0 Å². The van der Waals surface area contributed by atoms with Gasteiger partial charge in [-0.1, -0.05) is 23.4 Å². The van der Waals surface area contributed by atoms with Gasteiger partial charge in [-0.25, -0.2) is 4.98 Å². The second kappa shape index (κ2) is 6.60. The van der Waals surface area contributed by atoms with Gasteiger partial charge < -0.3 is 4.74 Å². The van der Waals surface area contributed by atoms with Crippen molar-refractivity contribution in [2.75, 3.05) is 12.4 Å². The number of hydrogen-bond donors (Lipinski definition) is 0. The highest BCUT2D eigenvalue weighted by Gasteiger charge is 2.19. The van der Waals surface area contributed by atoms with Gasteiger partial charge in [0.15, 0.2) is 5.16 Å². The molecule has 3 rings (SSSR count). The Morgan fingerprint density at radius 2 is 2.32 bits per heavy atom. The first-order chi connectivity index (χ1) is 10.6. The maximum Gasteiger partial charge on any atom is 0.262 e. The average Bonchev–Trinajstić information content (AvgIpc) is 2.97. The number of fused-ring (bicyclic) bond motifs is 1. The van der Waals surface area contributed by atoms with Crippen LogP contribution in [0.5, 0.6) is 0 Å². The Hall–Kier alpha value is -1.04. The first kappa shape index (κ1) is 15.8. The lowest BCUT2D eigenvalue weighted by Gasteiger charge is -2.17. The molecule has 1 unspecified atom stereocenters. The third kappa shape index (κ3) is 3.16. The Balaban J connectivity index is 2.01. The van der Waals surface area contributed by atoms with Crippen LogP contribution in [0.2, 0.25) is 5.02 Å². The van der Waals surface area contributed by atoms with Crippen molar-refractivity contribution in [3.05, 3.63) is 33.6 Å². The Labute approximate surface area is 138 Å². The molecule has 0 bridgehead atoms. The fraction of sp³-hybridized carbons (Fsp3) is 0.500. The molecule has 1 saturated heterocycles. The van der Waals surface area contributed by atoms with E-state index in [1.54, 1.807) is 34.5 Å². The van der Waals surface area contributed by atoms with Crippen molar-refractivity contribution < 1.29 is 4.74 Å². The largest absolute Gasteiger partial charge is 0.377 e. The number of aromatic nitrogens is 2. The smallest absolute Gasteiger partial charge is 0.262 e. The van der Waals surface area contributed by atoms with Gasteiger partial charge >= 0.3 is 0 Å². The number of hydrogen-bond acceptors (Lipinski definition) is 4. The monoisotopic (exact) mass is 338 g/mol. The molecule has 1 aliphatic heterocycles. The fourth-order valence-corrected chi connectivity index (χ4v) is 4.01. The van der Waals surface area contributed by atoms with Gasteiger partial charge in [0.05, 0.1) is 17.0 Å². The molecule has 1 aromatic carbocycles. The molecule has 0 saturated carbocycles. The first-order valence-corrected chi connectivity index (χ1v) is 8.89.